The maximum atomic E-state index is 12.1. The number of non-ortho nitro benzene ring substituents is 1. The number of benzene rings is 1. The number of hydrogen-bond acceptors (Lipinski definition) is 5. The Morgan fingerprint density at radius 1 is 1.30 bits per heavy atom. The van der Waals surface area contributed by atoms with Crippen LogP contribution in [0.4, 0.5) is 10.5 Å². The van der Waals surface area contributed by atoms with Gasteiger partial charge in [-0.1, -0.05) is 0 Å². The molecule has 1 aliphatic rings. The monoisotopic (exact) mass is 318 g/mol. The summed E-state index contributed by atoms with van der Waals surface area (Å²) in [4.78, 5) is 34.9. The van der Waals surface area contributed by atoms with Gasteiger partial charge in [0.2, 0.25) is 0 Å². The number of H-pyrrole nitrogens is 1. The van der Waals surface area contributed by atoms with Crippen LogP contribution >= 0.6 is 0 Å². The standard InChI is InChI=1S/C14H14N4O5/c19-13-7-12-8-16(5-6-17(12)15-13)14(20)23-9-10-1-3-11(4-2-10)18(21)22/h1-4,7H,5-6,8-9H2,(H,15,19). The number of ether oxygens (including phenoxy) is 1. The molecule has 9 nitrogen and oxygen atoms in total. The molecule has 1 aliphatic heterocycles. The normalized spacial score (nSPS) is 13.5. The van der Waals surface area contributed by atoms with Crippen molar-refractivity contribution in [2.24, 2.45) is 0 Å². The summed E-state index contributed by atoms with van der Waals surface area (Å²) in [6.07, 6.45) is -0.483. The average Bonchev–Trinajstić information content (AvgIpc) is 2.92. The van der Waals surface area contributed by atoms with Crippen LogP contribution in [-0.4, -0.2) is 32.2 Å². The summed E-state index contributed by atoms with van der Waals surface area (Å²) in [5.41, 5.74) is 1.19. The van der Waals surface area contributed by atoms with E-state index in [0.717, 1.165) is 5.69 Å². The van der Waals surface area contributed by atoms with E-state index < -0.39 is 11.0 Å². The second-order valence-electron chi connectivity index (χ2n) is 5.16. The Morgan fingerprint density at radius 2 is 2.04 bits per heavy atom. The van der Waals surface area contributed by atoms with Crippen LogP contribution in [0.15, 0.2) is 35.1 Å². The molecule has 0 atom stereocenters. The minimum Gasteiger partial charge on any atom is -0.445 e. The molecule has 0 bridgehead atoms. The Balaban J connectivity index is 1.57. The van der Waals surface area contributed by atoms with Crippen LogP contribution in [-0.2, 0) is 24.4 Å². The molecule has 0 unspecified atom stereocenters. The Morgan fingerprint density at radius 3 is 2.74 bits per heavy atom. The number of carbonyl (C=O) groups is 1. The Bertz CT molecular complexity index is 792. The lowest BCUT2D eigenvalue weighted by Crippen LogP contribution is -2.38. The Kier molecular flexibility index (Phi) is 3.83. The third-order valence-corrected chi connectivity index (χ3v) is 3.60. The highest BCUT2D eigenvalue weighted by Gasteiger charge is 2.22. The van der Waals surface area contributed by atoms with Gasteiger partial charge >= 0.3 is 6.09 Å². The van der Waals surface area contributed by atoms with E-state index in [2.05, 4.69) is 5.10 Å². The second-order valence-corrected chi connectivity index (χ2v) is 5.16. The van der Waals surface area contributed by atoms with Crippen LogP contribution in [0.5, 0.6) is 0 Å². The first-order chi connectivity index (χ1) is 11.0. The van der Waals surface area contributed by atoms with Gasteiger partial charge in [-0.05, 0) is 17.7 Å². The minimum absolute atomic E-state index is 0.0125. The fourth-order valence-electron chi connectivity index (χ4n) is 2.40. The number of aromatic amines is 1. The topological polar surface area (TPSA) is 110 Å². The zero-order chi connectivity index (χ0) is 16.4. The third-order valence-electron chi connectivity index (χ3n) is 3.60. The van der Waals surface area contributed by atoms with Crippen molar-refractivity contribution >= 4 is 11.8 Å². The highest BCUT2D eigenvalue weighted by atomic mass is 16.6. The third kappa shape index (κ3) is 3.23. The summed E-state index contributed by atoms with van der Waals surface area (Å²) in [5.74, 6) is 0. The van der Waals surface area contributed by atoms with Crippen LogP contribution in [0, 0.1) is 10.1 Å². The molecule has 3 rings (SSSR count). The van der Waals surface area contributed by atoms with Crippen LogP contribution in [0.25, 0.3) is 0 Å². The minimum atomic E-state index is -0.486. The predicted octanol–water partition coefficient (Wildman–Crippen LogP) is 1.24. The maximum Gasteiger partial charge on any atom is 0.410 e. The molecule has 1 aromatic carbocycles. The molecule has 0 saturated carbocycles. The van der Waals surface area contributed by atoms with Gasteiger partial charge in [0.1, 0.15) is 6.61 Å². The number of nitro benzene ring substituents is 1. The summed E-state index contributed by atoms with van der Waals surface area (Å²) in [6.45, 7) is 1.28. The zero-order valence-corrected chi connectivity index (χ0v) is 12.1. The number of hydrogen-bond donors (Lipinski definition) is 1. The van der Waals surface area contributed by atoms with E-state index in [1.807, 2.05) is 0 Å². The first-order valence-electron chi connectivity index (χ1n) is 6.97. The van der Waals surface area contributed by atoms with Gasteiger partial charge in [-0.3, -0.25) is 24.7 Å². The summed E-state index contributed by atoms with van der Waals surface area (Å²) >= 11 is 0. The van der Waals surface area contributed by atoms with Gasteiger partial charge in [0.05, 0.1) is 23.7 Å². The smallest absolute Gasteiger partial charge is 0.410 e. The Labute approximate surface area is 130 Å². The summed E-state index contributed by atoms with van der Waals surface area (Å²) in [6, 6.07) is 7.28. The molecule has 120 valence electrons. The lowest BCUT2D eigenvalue weighted by molar-refractivity contribution is -0.384. The molecule has 2 aromatic rings. The number of rotatable bonds is 3. The molecule has 1 N–H and O–H groups in total. The number of nitrogens with zero attached hydrogens (tertiary/aromatic N) is 3. The van der Waals surface area contributed by atoms with Gasteiger partial charge in [-0.2, -0.15) is 0 Å². The number of fused-ring (bicyclic) bond motifs is 1. The van der Waals surface area contributed by atoms with Crippen LogP contribution in [0.1, 0.15) is 11.3 Å². The Hall–Kier alpha value is -3.10. The molecule has 23 heavy (non-hydrogen) atoms. The molecule has 0 spiro atoms. The summed E-state index contributed by atoms with van der Waals surface area (Å²) in [5, 5.41) is 13.2. The lowest BCUT2D eigenvalue weighted by atomic mass is 10.2. The first kappa shape index (κ1) is 14.8. The molecule has 1 aromatic heterocycles. The van der Waals surface area contributed by atoms with Crippen LogP contribution in [0.2, 0.25) is 0 Å². The summed E-state index contributed by atoms with van der Waals surface area (Å²) in [7, 11) is 0. The highest BCUT2D eigenvalue weighted by molar-refractivity contribution is 5.67. The van der Waals surface area contributed by atoms with Gasteiger partial charge < -0.3 is 9.64 Å². The van der Waals surface area contributed by atoms with Crippen LogP contribution in [0.3, 0.4) is 0 Å². The molecular formula is C14H14N4O5. The number of nitrogens with one attached hydrogen (secondary N) is 1. The molecule has 0 saturated heterocycles. The maximum absolute atomic E-state index is 12.1. The molecule has 0 radical (unpaired) electrons. The van der Waals surface area contributed by atoms with Gasteiger partial charge in [-0.25, -0.2) is 4.79 Å². The molecule has 2 heterocycles. The van der Waals surface area contributed by atoms with Gasteiger partial charge in [-0.15, -0.1) is 0 Å². The number of nitro groups is 1. The quantitative estimate of drug-likeness (QED) is 0.676. The van der Waals surface area contributed by atoms with E-state index in [-0.39, 0.29) is 17.9 Å². The van der Waals surface area contributed by atoms with Crippen molar-refractivity contribution in [2.75, 3.05) is 6.54 Å². The average molecular weight is 318 g/mol. The van der Waals surface area contributed by atoms with E-state index in [1.54, 1.807) is 16.8 Å². The summed E-state index contributed by atoms with van der Waals surface area (Å²) < 4.78 is 6.92. The van der Waals surface area contributed by atoms with Gasteiger partial charge in [0.15, 0.2) is 0 Å². The van der Waals surface area contributed by atoms with Gasteiger partial charge in [0, 0.05) is 24.7 Å². The molecule has 0 fully saturated rings. The predicted molar refractivity (Wildman–Crippen MR) is 78.7 cm³/mol. The largest absolute Gasteiger partial charge is 0.445 e. The number of carbonyl (C=O) groups excluding carboxylic acids is 1. The number of amides is 1. The first-order valence-corrected chi connectivity index (χ1v) is 6.97. The van der Waals surface area contributed by atoms with Crippen molar-refractivity contribution in [1.82, 2.24) is 14.7 Å². The zero-order valence-electron chi connectivity index (χ0n) is 12.1. The second kappa shape index (κ2) is 5.95. The van der Waals surface area contributed by atoms with Crippen molar-refractivity contribution in [3.63, 3.8) is 0 Å². The van der Waals surface area contributed by atoms with E-state index in [0.29, 0.717) is 25.2 Å². The number of aromatic nitrogens is 2. The molecule has 0 aliphatic carbocycles. The fourth-order valence-corrected chi connectivity index (χ4v) is 2.40. The van der Waals surface area contributed by atoms with E-state index in [9.17, 15) is 19.7 Å². The van der Waals surface area contributed by atoms with Crippen molar-refractivity contribution < 1.29 is 14.5 Å². The molecule has 1 amide bonds. The van der Waals surface area contributed by atoms with Crippen molar-refractivity contribution in [2.45, 2.75) is 19.7 Å². The van der Waals surface area contributed by atoms with Crippen LogP contribution < -0.4 is 5.56 Å². The SMILES string of the molecule is O=C(OCc1ccc([N+](=O)[O-])cc1)N1CCn2[nH]c(=O)cc2C1. The van der Waals surface area contributed by atoms with Crippen molar-refractivity contribution in [3.05, 3.63) is 62.1 Å². The highest BCUT2D eigenvalue weighted by Crippen LogP contribution is 2.14. The van der Waals surface area contributed by atoms with E-state index >= 15 is 0 Å². The molecule has 9 heteroatoms. The lowest BCUT2D eigenvalue weighted by Gasteiger charge is -2.27. The van der Waals surface area contributed by atoms with Gasteiger partial charge in [0.25, 0.3) is 11.2 Å². The molecular weight excluding hydrogens is 304 g/mol. The fraction of sp³-hybridized carbons (Fsp3) is 0.286. The van der Waals surface area contributed by atoms with Crippen molar-refractivity contribution in [1.29, 1.82) is 0 Å². The van der Waals surface area contributed by atoms with E-state index in [1.165, 1.54) is 23.1 Å². The van der Waals surface area contributed by atoms with E-state index in [4.69, 9.17) is 4.74 Å². The van der Waals surface area contributed by atoms with Crippen molar-refractivity contribution in [3.8, 4) is 0 Å².